The van der Waals surface area contributed by atoms with E-state index in [1.807, 2.05) is 39.5 Å². The normalized spacial score (nSPS) is 30.7. The van der Waals surface area contributed by atoms with E-state index in [0.717, 1.165) is 25.7 Å². The number of amides is 4. The standard InChI is InChI=1S/C21H36N4O4/c1-20(2,3)29-19(28)23-15-14-8-6-7-11-25(16(14)15)18(27)22-10-9-13-12-21(4,5)24-17(13)26/h13-16H,6-12H2,1-5H3,(H,22,27)(H,23,28)(H,24,26). The lowest BCUT2D eigenvalue weighted by molar-refractivity contribution is -0.122. The third-order valence-corrected chi connectivity index (χ3v) is 5.98. The highest BCUT2D eigenvalue weighted by atomic mass is 16.6. The van der Waals surface area contributed by atoms with Gasteiger partial charge in [-0.1, -0.05) is 6.42 Å². The molecule has 0 radical (unpaired) electrons. The fourth-order valence-corrected chi connectivity index (χ4v) is 4.70. The van der Waals surface area contributed by atoms with E-state index in [-0.39, 0.29) is 41.4 Å². The molecule has 0 aromatic heterocycles. The lowest BCUT2D eigenvalue weighted by Crippen LogP contribution is -2.45. The van der Waals surface area contributed by atoms with E-state index in [0.29, 0.717) is 19.5 Å². The first-order chi connectivity index (χ1) is 13.5. The number of likely N-dealkylation sites (tertiary alicyclic amines) is 1. The number of nitrogens with one attached hydrogen (secondary N) is 3. The van der Waals surface area contributed by atoms with E-state index >= 15 is 0 Å². The quantitative estimate of drug-likeness (QED) is 0.665. The zero-order chi connectivity index (χ0) is 21.4. The van der Waals surface area contributed by atoms with Crippen LogP contribution >= 0.6 is 0 Å². The highest BCUT2D eigenvalue weighted by Crippen LogP contribution is 2.42. The summed E-state index contributed by atoms with van der Waals surface area (Å²) >= 11 is 0. The Hall–Kier alpha value is -1.99. The van der Waals surface area contributed by atoms with Crippen molar-refractivity contribution in [3.63, 3.8) is 0 Å². The van der Waals surface area contributed by atoms with Gasteiger partial charge in [-0.2, -0.15) is 0 Å². The molecule has 0 spiro atoms. The van der Waals surface area contributed by atoms with Crippen LogP contribution in [0.1, 0.15) is 66.7 Å². The molecule has 2 heterocycles. The number of urea groups is 1. The molecule has 2 aliphatic heterocycles. The lowest BCUT2D eigenvalue weighted by Gasteiger charge is -2.24. The zero-order valence-corrected chi connectivity index (χ0v) is 18.3. The van der Waals surface area contributed by atoms with Gasteiger partial charge in [0.2, 0.25) is 5.91 Å². The molecule has 1 saturated carbocycles. The molecule has 0 aromatic carbocycles. The van der Waals surface area contributed by atoms with Crippen LogP contribution < -0.4 is 16.0 Å². The average molecular weight is 409 g/mol. The molecule has 3 fully saturated rings. The van der Waals surface area contributed by atoms with Crippen molar-refractivity contribution >= 4 is 18.0 Å². The predicted octanol–water partition coefficient (Wildman–Crippen LogP) is 2.38. The second-order valence-corrected chi connectivity index (χ2v) is 10.3. The number of hydrogen-bond donors (Lipinski definition) is 3. The van der Waals surface area contributed by atoms with Crippen molar-refractivity contribution in [2.45, 2.75) is 89.9 Å². The molecule has 4 atom stereocenters. The first kappa shape index (κ1) is 21.7. The molecule has 1 aliphatic carbocycles. The van der Waals surface area contributed by atoms with E-state index in [1.54, 1.807) is 0 Å². The molecule has 3 aliphatic rings. The van der Waals surface area contributed by atoms with Crippen molar-refractivity contribution in [1.29, 1.82) is 0 Å². The van der Waals surface area contributed by atoms with Crippen molar-refractivity contribution < 1.29 is 19.1 Å². The topological polar surface area (TPSA) is 99.8 Å². The van der Waals surface area contributed by atoms with E-state index in [2.05, 4.69) is 16.0 Å². The molecule has 164 valence electrons. The van der Waals surface area contributed by atoms with E-state index in [9.17, 15) is 14.4 Å². The molecule has 8 nitrogen and oxygen atoms in total. The number of hydrogen-bond acceptors (Lipinski definition) is 4. The smallest absolute Gasteiger partial charge is 0.407 e. The second-order valence-electron chi connectivity index (χ2n) is 10.3. The van der Waals surface area contributed by atoms with Crippen LogP contribution in [0.2, 0.25) is 0 Å². The minimum atomic E-state index is -0.542. The molecule has 2 saturated heterocycles. The predicted molar refractivity (Wildman–Crippen MR) is 109 cm³/mol. The summed E-state index contributed by atoms with van der Waals surface area (Å²) in [6.07, 6.45) is 4.03. The maximum absolute atomic E-state index is 12.8. The van der Waals surface area contributed by atoms with Crippen LogP contribution in [0.25, 0.3) is 0 Å². The van der Waals surface area contributed by atoms with Crippen molar-refractivity contribution in [3.8, 4) is 0 Å². The molecule has 29 heavy (non-hydrogen) atoms. The molecule has 4 amide bonds. The molecule has 0 aromatic rings. The van der Waals surface area contributed by atoms with Gasteiger partial charge in [0.15, 0.2) is 0 Å². The molecule has 4 unspecified atom stereocenters. The monoisotopic (exact) mass is 408 g/mol. The van der Waals surface area contributed by atoms with Crippen molar-refractivity contribution in [1.82, 2.24) is 20.9 Å². The van der Waals surface area contributed by atoms with Gasteiger partial charge in [0.05, 0.1) is 12.1 Å². The summed E-state index contributed by atoms with van der Waals surface area (Å²) in [5.74, 6) is 0.310. The zero-order valence-electron chi connectivity index (χ0n) is 18.3. The summed E-state index contributed by atoms with van der Waals surface area (Å²) in [7, 11) is 0. The van der Waals surface area contributed by atoms with Gasteiger partial charge in [-0.05, 0) is 60.3 Å². The lowest BCUT2D eigenvalue weighted by atomic mass is 9.94. The van der Waals surface area contributed by atoms with Crippen LogP contribution in [0.4, 0.5) is 9.59 Å². The number of rotatable bonds is 4. The summed E-state index contributed by atoms with van der Waals surface area (Å²) in [5.41, 5.74) is -0.711. The molecule has 3 N–H and O–H groups in total. The number of carbonyl (C=O) groups excluding carboxylic acids is 3. The number of ether oxygens (including phenoxy) is 1. The molecule has 0 bridgehead atoms. The Bertz CT molecular complexity index is 658. The maximum atomic E-state index is 12.8. The SMILES string of the molecule is CC1(C)CC(CCNC(=O)N2CCCCC3C(NC(=O)OC(C)(C)C)C32)C(=O)N1. The third-order valence-electron chi connectivity index (χ3n) is 5.98. The van der Waals surface area contributed by atoms with Gasteiger partial charge in [0.25, 0.3) is 0 Å². The Morgan fingerprint density at radius 2 is 2.00 bits per heavy atom. The van der Waals surface area contributed by atoms with Crippen LogP contribution in [0, 0.1) is 11.8 Å². The number of alkyl carbamates (subject to hydrolysis) is 1. The summed E-state index contributed by atoms with van der Waals surface area (Å²) in [6.45, 7) is 10.7. The van der Waals surface area contributed by atoms with Crippen LogP contribution in [0.15, 0.2) is 0 Å². The minimum Gasteiger partial charge on any atom is -0.444 e. The Morgan fingerprint density at radius 3 is 2.62 bits per heavy atom. The summed E-state index contributed by atoms with van der Waals surface area (Å²) < 4.78 is 5.36. The highest BCUT2D eigenvalue weighted by molar-refractivity contribution is 5.82. The Morgan fingerprint density at radius 1 is 1.28 bits per heavy atom. The second kappa shape index (κ2) is 8.03. The first-order valence-corrected chi connectivity index (χ1v) is 10.8. The van der Waals surface area contributed by atoms with Gasteiger partial charge in [-0.25, -0.2) is 9.59 Å². The minimum absolute atomic E-state index is 0.0266. The number of nitrogens with zero attached hydrogens (tertiary/aromatic N) is 1. The van der Waals surface area contributed by atoms with Crippen molar-refractivity contribution in [2.75, 3.05) is 13.1 Å². The van der Waals surface area contributed by atoms with Crippen LogP contribution in [-0.2, 0) is 9.53 Å². The van der Waals surface area contributed by atoms with Crippen LogP contribution in [0.5, 0.6) is 0 Å². The van der Waals surface area contributed by atoms with Gasteiger partial charge in [0.1, 0.15) is 5.60 Å². The fourth-order valence-electron chi connectivity index (χ4n) is 4.70. The summed E-state index contributed by atoms with van der Waals surface area (Å²) in [6, 6.07) is -0.121. The van der Waals surface area contributed by atoms with Gasteiger partial charge < -0.3 is 25.6 Å². The number of carbonyl (C=O) groups is 3. The molecule has 3 rings (SSSR count). The third kappa shape index (κ3) is 5.54. The van der Waals surface area contributed by atoms with Crippen molar-refractivity contribution in [2.24, 2.45) is 11.8 Å². The Balaban J connectivity index is 1.49. The van der Waals surface area contributed by atoms with E-state index < -0.39 is 11.7 Å². The molecular weight excluding hydrogens is 372 g/mol. The molecular formula is C21H36N4O4. The largest absolute Gasteiger partial charge is 0.444 e. The first-order valence-electron chi connectivity index (χ1n) is 10.8. The highest BCUT2D eigenvalue weighted by Gasteiger charge is 2.56. The summed E-state index contributed by atoms with van der Waals surface area (Å²) in [5, 5.41) is 8.92. The molecule has 8 heteroatoms. The van der Waals surface area contributed by atoms with Crippen LogP contribution in [0.3, 0.4) is 0 Å². The fraction of sp³-hybridized carbons (Fsp3) is 0.857. The van der Waals surface area contributed by atoms with Crippen molar-refractivity contribution in [3.05, 3.63) is 0 Å². The average Bonchev–Trinajstić information content (AvgIpc) is 3.20. The number of fused-ring (bicyclic) bond motifs is 1. The van der Waals surface area contributed by atoms with Gasteiger partial charge in [0, 0.05) is 30.5 Å². The van der Waals surface area contributed by atoms with E-state index in [1.165, 1.54) is 0 Å². The Labute approximate surface area is 173 Å². The van der Waals surface area contributed by atoms with Gasteiger partial charge in [-0.3, -0.25) is 4.79 Å². The van der Waals surface area contributed by atoms with Gasteiger partial charge in [-0.15, -0.1) is 0 Å². The Kier molecular flexibility index (Phi) is 6.01. The van der Waals surface area contributed by atoms with Gasteiger partial charge >= 0.3 is 12.1 Å². The van der Waals surface area contributed by atoms with E-state index in [4.69, 9.17) is 4.74 Å². The summed E-state index contributed by atoms with van der Waals surface area (Å²) in [4.78, 5) is 38.8. The van der Waals surface area contributed by atoms with Crippen LogP contribution in [-0.4, -0.2) is 59.2 Å². The maximum Gasteiger partial charge on any atom is 0.407 e.